The second-order valence-corrected chi connectivity index (χ2v) is 8.08. The van der Waals surface area contributed by atoms with Gasteiger partial charge in [-0.1, -0.05) is 18.2 Å². The lowest BCUT2D eigenvalue weighted by molar-refractivity contribution is -0.141. The molecule has 158 valence electrons. The lowest BCUT2D eigenvalue weighted by Gasteiger charge is -2.35. The maximum atomic E-state index is 13.2. The number of nitrogens with zero attached hydrogens (tertiary/aromatic N) is 4. The van der Waals surface area contributed by atoms with Crippen LogP contribution in [-0.4, -0.2) is 70.1 Å². The van der Waals surface area contributed by atoms with E-state index in [2.05, 4.69) is 4.57 Å². The molecule has 2 atom stereocenters. The SMILES string of the molecule is C[C@H]1c2nc(CC(=O)N3CCOCC3)cn2CCN1C(=O)[C@H]1Cc2ccccc2O1. The molecule has 3 aliphatic heterocycles. The average molecular weight is 410 g/mol. The van der Waals surface area contributed by atoms with E-state index in [9.17, 15) is 9.59 Å². The molecule has 0 radical (unpaired) electrons. The molecule has 1 saturated heterocycles. The summed E-state index contributed by atoms with van der Waals surface area (Å²) in [4.78, 5) is 34.1. The first kappa shape index (κ1) is 19.1. The van der Waals surface area contributed by atoms with Gasteiger partial charge in [0.05, 0.1) is 31.4 Å². The van der Waals surface area contributed by atoms with E-state index in [4.69, 9.17) is 14.5 Å². The Hall–Kier alpha value is -2.87. The van der Waals surface area contributed by atoms with E-state index >= 15 is 0 Å². The van der Waals surface area contributed by atoms with Gasteiger partial charge in [-0.2, -0.15) is 0 Å². The smallest absolute Gasteiger partial charge is 0.264 e. The largest absolute Gasteiger partial charge is 0.480 e. The van der Waals surface area contributed by atoms with Crippen molar-refractivity contribution in [2.24, 2.45) is 0 Å². The van der Waals surface area contributed by atoms with Gasteiger partial charge in [0.15, 0.2) is 6.10 Å². The summed E-state index contributed by atoms with van der Waals surface area (Å²) in [5.41, 5.74) is 1.83. The van der Waals surface area contributed by atoms with Crippen molar-refractivity contribution in [2.75, 3.05) is 32.8 Å². The zero-order valence-corrected chi connectivity index (χ0v) is 17.1. The molecule has 30 heavy (non-hydrogen) atoms. The van der Waals surface area contributed by atoms with Crippen LogP contribution in [0.2, 0.25) is 0 Å². The summed E-state index contributed by atoms with van der Waals surface area (Å²) in [6, 6.07) is 7.64. The summed E-state index contributed by atoms with van der Waals surface area (Å²) in [5.74, 6) is 1.70. The van der Waals surface area contributed by atoms with Crippen LogP contribution in [0.5, 0.6) is 5.75 Å². The van der Waals surface area contributed by atoms with Crippen molar-refractivity contribution in [3.63, 3.8) is 0 Å². The maximum Gasteiger partial charge on any atom is 0.264 e. The number of hydrogen-bond acceptors (Lipinski definition) is 5. The molecule has 4 heterocycles. The molecule has 2 amide bonds. The average Bonchev–Trinajstić information content (AvgIpc) is 3.38. The van der Waals surface area contributed by atoms with Gasteiger partial charge in [0.1, 0.15) is 11.6 Å². The molecule has 0 spiro atoms. The number of amides is 2. The van der Waals surface area contributed by atoms with E-state index in [0.29, 0.717) is 45.8 Å². The van der Waals surface area contributed by atoms with Crippen LogP contribution in [-0.2, 0) is 33.7 Å². The number of carbonyl (C=O) groups excluding carboxylic acids is 2. The van der Waals surface area contributed by atoms with Crippen LogP contribution in [0.15, 0.2) is 30.5 Å². The van der Waals surface area contributed by atoms with Gasteiger partial charge in [-0.3, -0.25) is 9.59 Å². The van der Waals surface area contributed by atoms with Gasteiger partial charge in [-0.25, -0.2) is 4.98 Å². The van der Waals surface area contributed by atoms with Gasteiger partial charge in [-0.15, -0.1) is 0 Å². The molecule has 1 fully saturated rings. The molecule has 0 bridgehead atoms. The molecule has 0 aliphatic carbocycles. The van der Waals surface area contributed by atoms with Crippen molar-refractivity contribution < 1.29 is 19.1 Å². The number of fused-ring (bicyclic) bond motifs is 2. The highest BCUT2D eigenvalue weighted by Gasteiger charge is 2.37. The Morgan fingerprint density at radius 2 is 1.93 bits per heavy atom. The molecule has 2 aromatic rings. The molecule has 0 N–H and O–H groups in total. The number of hydrogen-bond donors (Lipinski definition) is 0. The Morgan fingerprint density at radius 3 is 2.73 bits per heavy atom. The molecular weight excluding hydrogens is 384 g/mol. The first-order valence-electron chi connectivity index (χ1n) is 10.6. The van der Waals surface area contributed by atoms with Crippen LogP contribution in [0.1, 0.15) is 30.0 Å². The minimum Gasteiger partial charge on any atom is -0.480 e. The molecule has 8 heteroatoms. The third-order valence-electron chi connectivity index (χ3n) is 6.18. The Labute approximate surface area is 175 Å². The lowest BCUT2D eigenvalue weighted by Crippen LogP contribution is -2.47. The summed E-state index contributed by atoms with van der Waals surface area (Å²) < 4.78 is 13.3. The first-order chi connectivity index (χ1) is 14.6. The summed E-state index contributed by atoms with van der Waals surface area (Å²) in [6.45, 7) is 5.72. The minimum absolute atomic E-state index is 0.00102. The molecule has 1 aromatic carbocycles. The highest BCUT2D eigenvalue weighted by atomic mass is 16.5. The topological polar surface area (TPSA) is 76.9 Å². The maximum absolute atomic E-state index is 13.2. The predicted molar refractivity (Wildman–Crippen MR) is 108 cm³/mol. The Kier molecular flexibility index (Phi) is 4.94. The van der Waals surface area contributed by atoms with Gasteiger partial charge in [0.2, 0.25) is 5.91 Å². The van der Waals surface area contributed by atoms with Crippen LogP contribution in [0.4, 0.5) is 0 Å². The second kappa shape index (κ2) is 7.75. The van der Waals surface area contributed by atoms with E-state index in [1.54, 1.807) is 0 Å². The van der Waals surface area contributed by atoms with Crippen molar-refractivity contribution in [1.29, 1.82) is 0 Å². The van der Waals surface area contributed by atoms with Crippen LogP contribution >= 0.6 is 0 Å². The number of aromatic nitrogens is 2. The van der Waals surface area contributed by atoms with E-state index in [1.165, 1.54) is 0 Å². The normalized spacial score (nSPS) is 23.0. The number of morpholine rings is 1. The fourth-order valence-corrected chi connectivity index (χ4v) is 4.52. The van der Waals surface area contributed by atoms with Crippen molar-refractivity contribution in [2.45, 2.75) is 38.5 Å². The van der Waals surface area contributed by atoms with Crippen molar-refractivity contribution >= 4 is 11.8 Å². The second-order valence-electron chi connectivity index (χ2n) is 8.08. The van der Waals surface area contributed by atoms with E-state index < -0.39 is 6.10 Å². The van der Waals surface area contributed by atoms with Gasteiger partial charge >= 0.3 is 0 Å². The van der Waals surface area contributed by atoms with Crippen LogP contribution in [0.25, 0.3) is 0 Å². The summed E-state index contributed by atoms with van der Waals surface area (Å²) in [5, 5.41) is 0. The van der Waals surface area contributed by atoms with Gasteiger partial charge < -0.3 is 23.8 Å². The molecule has 8 nitrogen and oxygen atoms in total. The Morgan fingerprint density at radius 1 is 1.13 bits per heavy atom. The molecule has 0 saturated carbocycles. The van der Waals surface area contributed by atoms with Crippen LogP contribution < -0.4 is 4.74 Å². The number of para-hydroxylation sites is 1. The van der Waals surface area contributed by atoms with Gasteiger partial charge in [0, 0.05) is 38.8 Å². The van der Waals surface area contributed by atoms with Gasteiger partial charge in [0.25, 0.3) is 5.91 Å². The fraction of sp³-hybridized carbons (Fsp3) is 0.500. The highest BCUT2D eigenvalue weighted by Crippen LogP contribution is 2.32. The molecule has 3 aliphatic rings. The lowest BCUT2D eigenvalue weighted by atomic mass is 10.1. The molecular formula is C22H26N4O4. The number of ether oxygens (including phenoxy) is 2. The highest BCUT2D eigenvalue weighted by molar-refractivity contribution is 5.83. The van der Waals surface area contributed by atoms with E-state index in [0.717, 1.165) is 22.8 Å². The van der Waals surface area contributed by atoms with Crippen LogP contribution in [0, 0.1) is 0 Å². The summed E-state index contributed by atoms with van der Waals surface area (Å²) >= 11 is 0. The van der Waals surface area contributed by atoms with Crippen molar-refractivity contribution in [1.82, 2.24) is 19.4 Å². The number of carbonyl (C=O) groups is 2. The quantitative estimate of drug-likeness (QED) is 0.760. The standard InChI is InChI=1S/C22H26N4O4/c1-15-21-23-17(13-20(27)24-8-10-29-11-9-24)14-25(21)6-7-26(15)22(28)19-12-16-4-2-3-5-18(16)30-19/h2-5,14-15,19H,6-13H2,1H3/t15-,19+/m0/s1. The first-order valence-corrected chi connectivity index (χ1v) is 10.6. The van der Waals surface area contributed by atoms with Crippen molar-refractivity contribution in [3.8, 4) is 5.75 Å². The zero-order valence-electron chi connectivity index (χ0n) is 17.1. The van der Waals surface area contributed by atoms with Crippen molar-refractivity contribution in [3.05, 3.63) is 47.5 Å². The van der Waals surface area contributed by atoms with Gasteiger partial charge in [-0.05, 0) is 18.6 Å². The van der Waals surface area contributed by atoms with Crippen LogP contribution in [0.3, 0.4) is 0 Å². The minimum atomic E-state index is -0.478. The fourth-order valence-electron chi connectivity index (χ4n) is 4.52. The molecule has 0 unspecified atom stereocenters. The third kappa shape index (κ3) is 3.45. The number of imidazole rings is 1. The Balaban J connectivity index is 1.27. The van der Waals surface area contributed by atoms with E-state index in [1.807, 2.05) is 47.2 Å². The summed E-state index contributed by atoms with van der Waals surface area (Å²) in [7, 11) is 0. The predicted octanol–water partition coefficient (Wildman–Crippen LogP) is 1.19. The monoisotopic (exact) mass is 410 g/mol. The summed E-state index contributed by atoms with van der Waals surface area (Å²) in [6.07, 6.45) is 2.36. The number of benzene rings is 1. The Bertz CT molecular complexity index is 941. The third-order valence-corrected chi connectivity index (χ3v) is 6.18. The zero-order chi connectivity index (χ0) is 20.7. The molecule has 1 aromatic heterocycles. The number of rotatable bonds is 3. The molecule has 5 rings (SSSR count). The van der Waals surface area contributed by atoms with E-state index in [-0.39, 0.29) is 24.3 Å².